The van der Waals surface area contributed by atoms with Gasteiger partial charge < -0.3 is 14.6 Å². The number of nitrogens with zero attached hydrogens (tertiary/aromatic N) is 3. The van der Waals surface area contributed by atoms with Crippen LogP contribution in [0.25, 0.3) is 17.0 Å². The molecule has 1 aromatic heterocycles. The van der Waals surface area contributed by atoms with Crippen molar-refractivity contribution in [2.75, 3.05) is 12.0 Å². The number of ether oxygens (including phenoxy) is 1. The lowest BCUT2D eigenvalue weighted by Crippen LogP contribution is -2.46. The zero-order valence-electron chi connectivity index (χ0n) is 18.8. The second kappa shape index (κ2) is 9.27. The maximum Gasteiger partial charge on any atom is 0.258 e. The number of benzene rings is 3. The van der Waals surface area contributed by atoms with Gasteiger partial charge in [-0.1, -0.05) is 29.4 Å². The summed E-state index contributed by atoms with van der Waals surface area (Å²) < 4.78 is 38.3. The van der Waals surface area contributed by atoms with Crippen LogP contribution in [0.2, 0.25) is 0 Å². The number of hydrogen-bond acceptors (Lipinski definition) is 5. The number of methoxy groups -OCH3 is 1. The summed E-state index contributed by atoms with van der Waals surface area (Å²) in [6.45, 7) is 1.88. The molecule has 1 unspecified atom stereocenters. The SMILES string of the molecule is COc1ccc(C2NC(=S)N(c3ccc(F)cc3)C(C)=C2c2nc(-c3cccc(F)c3)no2)cc1. The van der Waals surface area contributed by atoms with Crippen LogP contribution in [0.4, 0.5) is 14.5 Å². The van der Waals surface area contributed by atoms with Crippen molar-refractivity contribution in [1.29, 1.82) is 0 Å². The van der Waals surface area contributed by atoms with E-state index in [2.05, 4.69) is 15.5 Å². The molecular formula is C26H20F2N4O2S. The lowest BCUT2D eigenvalue weighted by Gasteiger charge is -2.37. The average molecular weight is 491 g/mol. The van der Waals surface area contributed by atoms with Gasteiger partial charge in [0.1, 0.15) is 17.4 Å². The minimum atomic E-state index is -0.411. The van der Waals surface area contributed by atoms with Crippen LogP contribution in [0.3, 0.4) is 0 Å². The van der Waals surface area contributed by atoms with Gasteiger partial charge in [0, 0.05) is 16.9 Å². The van der Waals surface area contributed by atoms with Crippen molar-refractivity contribution in [2.24, 2.45) is 0 Å². The van der Waals surface area contributed by atoms with Crippen LogP contribution >= 0.6 is 12.2 Å². The zero-order valence-corrected chi connectivity index (χ0v) is 19.6. The van der Waals surface area contributed by atoms with Crippen molar-refractivity contribution in [3.05, 3.63) is 102 Å². The minimum Gasteiger partial charge on any atom is -0.497 e. The highest BCUT2D eigenvalue weighted by molar-refractivity contribution is 7.80. The van der Waals surface area contributed by atoms with Gasteiger partial charge in [0.05, 0.1) is 18.7 Å². The number of thiocarbonyl (C=S) groups is 1. The highest BCUT2D eigenvalue weighted by Gasteiger charge is 2.34. The van der Waals surface area contributed by atoms with Crippen LogP contribution in [0.1, 0.15) is 24.4 Å². The normalized spacial score (nSPS) is 15.8. The van der Waals surface area contributed by atoms with Crippen LogP contribution in [0, 0.1) is 11.6 Å². The monoisotopic (exact) mass is 490 g/mol. The van der Waals surface area contributed by atoms with E-state index in [1.54, 1.807) is 36.3 Å². The molecule has 1 aliphatic rings. The maximum atomic E-state index is 13.8. The molecule has 0 saturated heterocycles. The molecule has 2 heterocycles. The number of halogens is 2. The van der Waals surface area contributed by atoms with E-state index in [1.807, 2.05) is 31.2 Å². The molecule has 176 valence electrons. The van der Waals surface area contributed by atoms with Gasteiger partial charge in [0.25, 0.3) is 5.89 Å². The van der Waals surface area contributed by atoms with Gasteiger partial charge in [-0.2, -0.15) is 4.98 Å². The van der Waals surface area contributed by atoms with Gasteiger partial charge in [-0.25, -0.2) is 8.78 Å². The number of rotatable bonds is 5. The Bertz CT molecular complexity index is 1420. The Hall–Kier alpha value is -4.11. The third kappa shape index (κ3) is 4.38. The lowest BCUT2D eigenvalue weighted by molar-refractivity contribution is 0.404. The summed E-state index contributed by atoms with van der Waals surface area (Å²) in [4.78, 5) is 6.36. The van der Waals surface area contributed by atoms with Crippen molar-refractivity contribution >= 4 is 28.6 Å². The maximum absolute atomic E-state index is 13.8. The number of aromatic nitrogens is 2. The Labute approximate surface area is 205 Å². The molecule has 0 radical (unpaired) electrons. The molecule has 1 N–H and O–H groups in total. The topological polar surface area (TPSA) is 63.4 Å². The van der Waals surface area contributed by atoms with Crippen LogP contribution in [-0.2, 0) is 0 Å². The fourth-order valence-electron chi connectivity index (χ4n) is 4.05. The van der Waals surface area contributed by atoms with Gasteiger partial charge in [-0.3, -0.25) is 4.90 Å². The molecule has 0 bridgehead atoms. The first kappa shape index (κ1) is 22.7. The second-order valence-electron chi connectivity index (χ2n) is 7.90. The Morgan fingerprint density at radius 3 is 2.43 bits per heavy atom. The highest BCUT2D eigenvalue weighted by Crippen LogP contribution is 2.39. The molecule has 0 saturated carbocycles. The summed E-state index contributed by atoms with van der Waals surface area (Å²) in [6, 6.07) is 19.1. The molecule has 6 nitrogen and oxygen atoms in total. The van der Waals surface area contributed by atoms with E-state index in [1.165, 1.54) is 24.3 Å². The van der Waals surface area contributed by atoms with E-state index < -0.39 is 11.9 Å². The molecule has 4 aromatic rings. The van der Waals surface area contributed by atoms with E-state index in [4.69, 9.17) is 21.5 Å². The van der Waals surface area contributed by atoms with Crippen LogP contribution < -0.4 is 15.0 Å². The molecular weight excluding hydrogens is 470 g/mol. The number of allylic oxidation sites excluding steroid dienone is 1. The molecule has 1 atom stereocenters. The van der Waals surface area contributed by atoms with Gasteiger partial charge in [0.2, 0.25) is 5.82 Å². The van der Waals surface area contributed by atoms with Gasteiger partial charge in [0.15, 0.2) is 5.11 Å². The van der Waals surface area contributed by atoms with E-state index in [0.717, 1.165) is 11.3 Å². The van der Waals surface area contributed by atoms with Crippen LogP contribution in [0.15, 0.2) is 83.0 Å². The predicted octanol–water partition coefficient (Wildman–Crippen LogP) is 5.89. The molecule has 0 fully saturated rings. The summed E-state index contributed by atoms with van der Waals surface area (Å²) in [7, 11) is 1.60. The first-order chi connectivity index (χ1) is 16.9. The quantitative estimate of drug-likeness (QED) is 0.350. The Morgan fingerprint density at radius 1 is 1.00 bits per heavy atom. The fraction of sp³-hybridized carbons (Fsp3) is 0.115. The summed E-state index contributed by atoms with van der Waals surface area (Å²) in [5.74, 6) is 0.486. The molecule has 35 heavy (non-hydrogen) atoms. The minimum absolute atomic E-state index is 0.254. The number of anilines is 1. The summed E-state index contributed by atoms with van der Waals surface area (Å²) in [5, 5.41) is 7.87. The lowest BCUT2D eigenvalue weighted by atomic mass is 9.94. The fourth-order valence-corrected chi connectivity index (χ4v) is 4.41. The molecule has 1 aliphatic heterocycles. The summed E-state index contributed by atoms with van der Waals surface area (Å²) >= 11 is 5.70. The number of hydrogen-bond donors (Lipinski definition) is 1. The Morgan fingerprint density at radius 2 is 1.74 bits per heavy atom. The van der Waals surface area contributed by atoms with Crippen molar-refractivity contribution < 1.29 is 18.0 Å². The highest BCUT2D eigenvalue weighted by atomic mass is 32.1. The van der Waals surface area contributed by atoms with E-state index >= 15 is 0 Å². The zero-order chi connectivity index (χ0) is 24.5. The average Bonchev–Trinajstić information content (AvgIpc) is 3.35. The van der Waals surface area contributed by atoms with Gasteiger partial charge >= 0.3 is 0 Å². The first-order valence-corrected chi connectivity index (χ1v) is 11.2. The molecule has 0 aliphatic carbocycles. The van der Waals surface area contributed by atoms with Crippen molar-refractivity contribution in [2.45, 2.75) is 13.0 Å². The standard InChI is InChI=1S/C26H20F2N4O2S/c1-15-22(25-30-24(31-34-25)17-4-3-5-19(28)14-17)23(16-6-12-21(33-2)13-7-16)29-26(35)32(15)20-10-8-18(27)9-11-20/h3-14,23H,1-2H3,(H,29,35). The first-order valence-electron chi connectivity index (χ1n) is 10.8. The smallest absolute Gasteiger partial charge is 0.258 e. The summed E-state index contributed by atoms with van der Waals surface area (Å²) in [6.07, 6.45) is 0. The van der Waals surface area contributed by atoms with Crippen LogP contribution in [-0.4, -0.2) is 22.4 Å². The Kier molecular flexibility index (Phi) is 6.00. The van der Waals surface area contributed by atoms with E-state index in [-0.39, 0.29) is 17.5 Å². The predicted molar refractivity (Wildman–Crippen MR) is 133 cm³/mol. The van der Waals surface area contributed by atoms with Crippen molar-refractivity contribution in [1.82, 2.24) is 15.5 Å². The van der Waals surface area contributed by atoms with Crippen LogP contribution in [0.5, 0.6) is 5.75 Å². The second-order valence-corrected chi connectivity index (χ2v) is 8.29. The molecule has 5 rings (SSSR count). The van der Waals surface area contributed by atoms with Crippen molar-refractivity contribution in [3.8, 4) is 17.1 Å². The van der Waals surface area contributed by atoms with Gasteiger partial charge in [-0.15, -0.1) is 0 Å². The van der Waals surface area contributed by atoms with E-state index in [0.29, 0.717) is 27.7 Å². The number of nitrogens with one attached hydrogen (secondary N) is 1. The largest absolute Gasteiger partial charge is 0.497 e. The Balaban J connectivity index is 1.64. The molecule has 9 heteroatoms. The van der Waals surface area contributed by atoms with E-state index in [9.17, 15) is 8.78 Å². The van der Waals surface area contributed by atoms with Crippen molar-refractivity contribution in [3.63, 3.8) is 0 Å². The summed E-state index contributed by atoms with van der Waals surface area (Å²) in [5.41, 5.74) is 3.48. The third-order valence-electron chi connectivity index (χ3n) is 5.76. The van der Waals surface area contributed by atoms with Gasteiger partial charge in [-0.05, 0) is 73.2 Å². The third-order valence-corrected chi connectivity index (χ3v) is 6.06. The molecule has 0 spiro atoms. The molecule has 3 aromatic carbocycles. The molecule has 0 amide bonds.